The smallest absolute Gasteiger partial charge is 0.310 e. The molecule has 120 valence electrons. The van der Waals surface area contributed by atoms with Crippen LogP contribution in [-0.4, -0.2) is 43.8 Å². The largest absolute Gasteiger partial charge is 0.486 e. The molecule has 3 rings (SSSR count). The molecule has 5 heteroatoms. The highest BCUT2D eigenvalue weighted by Crippen LogP contribution is 2.34. The van der Waals surface area contributed by atoms with Crippen LogP contribution in [-0.2, 0) is 16.1 Å². The summed E-state index contributed by atoms with van der Waals surface area (Å²) in [5, 5.41) is 0. The van der Waals surface area contributed by atoms with Crippen molar-refractivity contribution >= 4 is 5.97 Å². The van der Waals surface area contributed by atoms with Gasteiger partial charge >= 0.3 is 5.97 Å². The standard InChI is InChI=1S/C17H23NO4/c1-2-20-17(19)14-6-4-8-18(12-14)11-13-5-3-7-15-16(13)22-10-9-21-15/h3,5,7,14H,2,4,6,8-12H2,1H3/t14-/m0/s1. The highest BCUT2D eigenvalue weighted by molar-refractivity contribution is 5.72. The van der Waals surface area contributed by atoms with E-state index in [9.17, 15) is 4.79 Å². The molecule has 0 spiro atoms. The zero-order valence-corrected chi connectivity index (χ0v) is 13.0. The number of rotatable bonds is 4. The summed E-state index contributed by atoms with van der Waals surface area (Å²) in [4.78, 5) is 14.2. The van der Waals surface area contributed by atoms with E-state index in [1.165, 1.54) is 0 Å². The number of likely N-dealkylation sites (tertiary alicyclic amines) is 1. The van der Waals surface area contributed by atoms with Crippen LogP contribution in [0.3, 0.4) is 0 Å². The van der Waals surface area contributed by atoms with Crippen molar-refractivity contribution in [3.63, 3.8) is 0 Å². The van der Waals surface area contributed by atoms with Crippen LogP contribution in [0.15, 0.2) is 18.2 Å². The molecule has 0 aromatic heterocycles. The molecule has 1 aromatic carbocycles. The summed E-state index contributed by atoms with van der Waals surface area (Å²) in [6.07, 6.45) is 1.94. The minimum Gasteiger partial charge on any atom is -0.486 e. The summed E-state index contributed by atoms with van der Waals surface area (Å²) in [5.41, 5.74) is 1.13. The second-order valence-electron chi connectivity index (χ2n) is 5.77. The van der Waals surface area contributed by atoms with Crippen molar-refractivity contribution in [1.82, 2.24) is 4.90 Å². The van der Waals surface area contributed by atoms with Crippen LogP contribution < -0.4 is 9.47 Å². The van der Waals surface area contributed by atoms with Crippen LogP contribution >= 0.6 is 0 Å². The van der Waals surface area contributed by atoms with Gasteiger partial charge in [0.15, 0.2) is 11.5 Å². The van der Waals surface area contributed by atoms with Crippen molar-refractivity contribution in [3.8, 4) is 11.5 Å². The fourth-order valence-electron chi connectivity index (χ4n) is 3.15. The van der Waals surface area contributed by atoms with Gasteiger partial charge in [0.05, 0.1) is 12.5 Å². The minimum absolute atomic E-state index is 0.00888. The number of para-hydroxylation sites is 1. The first-order chi connectivity index (χ1) is 10.8. The summed E-state index contributed by atoms with van der Waals surface area (Å²) >= 11 is 0. The molecule has 0 saturated carbocycles. The third-order valence-corrected chi connectivity index (χ3v) is 4.17. The first-order valence-corrected chi connectivity index (χ1v) is 8.04. The number of hydrogen-bond acceptors (Lipinski definition) is 5. The van der Waals surface area contributed by atoms with Gasteiger partial charge in [-0.15, -0.1) is 0 Å². The minimum atomic E-state index is -0.0677. The Kier molecular flexibility index (Phi) is 4.83. The summed E-state index contributed by atoms with van der Waals surface area (Å²) in [5.74, 6) is 1.60. The van der Waals surface area contributed by atoms with E-state index in [0.717, 1.165) is 49.5 Å². The van der Waals surface area contributed by atoms with E-state index in [4.69, 9.17) is 14.2 Å². The highest BCUT2D eigenvalue weighted by atomic mass is 16.6. The van der Waals surface area contributed by atoms with Gasteiger partial charge in [-0.3, -0.25) is 9.69 Å². The second kappa shape index (κ2) is 7.01. The van der Waals surface area contributed by atoms with E-state index in [1.54, 1.807) is 0 Å². The molecule has 0 radical (unpaired) electrons. The van der Waals surface area contributed by atoms with Crippen LogP contribution in [0.25, 0.3) is 0 Å². The Morgan fingerprint density at radius 1 is 1.36 bits per heavy atom. The van der Waals surface area contributed by atoms with E-state index in [1.807, 2.05) is 19.1 Å². The van der Waals surface area contributed by atoms with Gasteiger partial charge < -0.3 is 14.2 Å². The molecule has 0 aliphatic carbocycles. The van der Waals surface area contributed by atoms with Crippen molar-refractivity contribution in [3.05, 3.63) is 23.8 Å². The topological polar surface area (TPSA) is 48.0 Å². The zero-order chi connectivity index (χ0) is 15.4. The molecule has 1 fully saturated rings. The lowest BCUT2D eigenvalue weighted by Crippen LogP contribution is -2.39. The van der Waals surface area contributed by atoms with Crippen LogP contribution in [0.4, 0.5) is 0 Å². The normalized spacial score (nSPS) is 21.4. The SMILES string of the molecule is CCOC(=O)[C@H]1CCCN(Cc2cccc3c2OCCO3)C1. The van der Waals surface area contributed by atoms with Crippen molar-refractivity contribution < 1.29 is 19.0 Å². The van der Waals surface area contributed by atoms with Crippen LogP contribution in [0.1, 0.15) is 25.3 Å². The predicted molar refractivity (Wildman–Crippen MR) is 82.1 cm³/mol. The Morgan fingerprint density at radius 3 is 3.09 bits per heavy atom. The maximum atomic E-state index is 11.9. The Morgan fingerprint density at radius 2 is 2.23 bits per heavy atom. The van der Waals surface area contributed by atoms with E-state index in [2.05, 4.69) is 11.0 Å². The van der Waals surface area contributed by atoms with Gasteiger partial charge in [0.2, 0.25) is 0 Å². The molecule has 0 unspecified atom stereocenters. The molecule has 1 aromatic rings. The average molecular weight is 305 g/mol. The van der Waals surface area contributed by atoms with Gasteiger partial charge in [-0.25, -0.2) is 0 Å². The summed E-state index contributed by atoms with van der Waals surface area (Å²) in [6, 6.07) is 6.01. The van der Waals surface area contributed by atoms with Crippen molar-refractivity contribution in [2.75, 3.05) is 32.9 Å². The maximum Gasteiger partial charge on any atom is 0.310 e. The Hall–Kier alpha value is -1.75. The molecule has 2 aliphatic rings. The number of ether oxygens (including phenoxy) is 3. The molecular weight excluding hydrogens is 282 g/mol. The predicted octanol–water partition coefficient (Wildman–Crippen LogP) is 2.23. The highest BCUT2D eigenvalue weighted by Gasteiger charge is 2.27. The van der Waals surface area contributed by atoms with Gasteiger partial charge in [-0.1, -0.05) is 12.1 Å². The summed E-state index contributed by atoms with van der Waals surface area (Å²) in [7, 11) is 0. The van der Waals surface area contributed by atoms with Crippen molar-refractivity contribution in [2.24, 2.45) is 5.92 Å². The summed E-state index contributed by atoms with van der Waals surface area (Å²) < 4.78 is 16.6. The van der Waals surface area contributed by atoms with E-state index < -0.39 is 0 Å². The number of benzene rings is 1. The van der Waals surface area contributed by atoms with E-state index in [-0.39, 0.29) is 11.9 Å². The molecule has 1 atom stereocenters. The molecule has 2 heterocycles. The van der Waals surface area contributed by atoms with E-state index in [0.29, 0.717) is 19.8 Å². The molecular formula is C17H23NO4. The quantitative estimate of drug-likeness (QED) is 0.798. The number of carbonyl (C=O) groups is 1. The number of piperidine rings is 1. The van der Waals surface area contributed by atoms with Crippen molar-refractivity contribution in [2.45, 2.75) is 26.3 Å². The first kappa shape index (κ1) is 15.2. The van der Waals surface area contributed by atoms with Gasteiger partial charge in [0.1, 0.15) is 13.2 Å². The lowest BCUT2D eigenvalue weighted by Gasteiger charge is -2.32. The maximum absolute atomic E-state index is 11.9. The number of fused-ring (bicyclic) bond motifs is 1. The zero-order valence-electron chi connectivity index (χ0n) is 13.0. The van der Waals surface area contributed by atoms with Gasteiger partial charge in [-0.05, 0) is 32.4 Å². The second-order valence-corrected chi connectivity index (χ2v) is 5.77. The Balaban J connectivity index is 1.67. The molecule has 2 aliphatic heterocycles. The van der Waals surface area contributed by atoms with E-state index >= 15 is 0 Å². The molecule has 1 saturated heterocycles. The molecule has 22 heavy (non-hydrogen) atoms. The fourth-order valence-corrected chi connectivity index (χ4v) is 3.15. The molecule has 0 bridgehead atoms. The monoisotopic (exact) mass is 305 g/mol. The molecule has 0 N–H and O–H groups in total. The fraction of sp³-hybridized carbons (Fsp3) is 0.588. The van der Waals surface area contributed by atoms with Crippen LogP contribution in [0, 0.1) is 5.92 Å². The van der Waals surface area contributed by atoms with Gasteiger partial charge in [0, 0.05) is 18.7 Å². The van der Waals surface area contributed by atoms with Crippen LogP contribution in [0.2, 0.25) is 0 Å². The lowest BCUT2D eigenvalue weighted by atomic mass is 9.97. The van der Waals surface area contributed by atoms with Crippen LogP contribution in [0.5, 0.6) is 11.5 Å². The average Bonchev–Trinajstić information content (AvgIpc) is 2.56. The Bertz CT molecular complexity index is 531. The lowest BCUT2D eigenvalue weighted by molar-refractivity contribution is -0.150. The summed E-state index contributed by atoms with van der Waals surface area (Å²) in [6.45, 7) is 6.03. The number of hydrogen-bond donors (Lipinski definition) is 0. The van der Waals surface area contributed by atoms with Gasteiger partial charge in [0.25, 0.3) is 0 Å². The number of carbonyl (C=O) groups excluding carboxylic acids is 1. The molecule has 0 amide bonds. The third-order valence-electron chi connectivity index (χ3n) is 4.17. The third kappa shape index (κ3) is 3.35. The van der Waals surface area contributed by atoms with Gasteiger partial charge in [-0.2, -0.15) is 0 Å². The number of nitrogens with zero attached hydrogens (tertiary/aromatic N) is 1. The number of esters is 1. The van der Waals surface area contributed by atoms with Crippen molar-refractivity contribution in [1.29, 1.82) is 0 Å². The first-order valence-electron chi connectivity index (χ1n) is 8.04. The Labute approximate surface area is 131 Å². The molecule has 5 nitrogen and oxygen atoms in total.